The SMILES string of the molecule is COC(=O)c1c(NC(=O)CN(Cc2ccccc2)Cc2ccccc2)sc2c1CCC(C)C2. The Balaban J connectivity index is 1.53. The second kappa shape index (κ2) is 10.8. The lowest BCUT2D eigenvalue weighted by Gasteiger charge is -2.22. The zero-order valence-corrected chi connectivity index (χ0v) is 20.0. The average molecular weight is 463 g/mol. The van der Waals surface area contributed by atoms with Gasteiger partial charge in [0.15, 0.2) is 0 Å². The predicted octanol–water partition coefficient (Wildman–Crippen LogP) is 5.30. The second-order valence-corrected chi connectivity index (χ2v) is 9.82. The minimum Gasteiger partial charge on any atom is -0.465 e. The Morgan fingerprint density at radius 1 is 1.03 bits per heavy atom. The molecule has 1 aromatic heterocycles. The molecule has 6 heteroatoms. The van der Waals surface area contributed by atoms with Crippen LogP contribution in [0, 0.1) is 5.92 Å². The summed E-state index contributed by atoms with van der Waals surface area (Å²) in [6.45, 7) is 3.77. The van der Waals surface area contributed by atoms with E-state index in [-0.39, 0.29) is 18.4 Å². The third-order valence-electron chi connectivity index (χ3n) is 6.02. The van der Waals surface area contributed by atoms with Crippen molar-refractivity contribution in [3.05, 3.63) is 87.8 Å². The molecular formula is C27H30N2O3S. The molecule has 33 heavy (non-hydrogen) atoms. The van der Waals surface area contributed by atoms with Gasteiger partial charge in [-0.15, -0.1) is 11.3 Å². The molecule has 172 valence electrons. The third-order valence-corrected chi connectivity index (χ3v) is 7.19. The van der Waals surface area contributed by atoms with E-state index in [0.717, 1.165) is 36.0 Å². The summed E-state index contributed by atoms with van der Waals surface area (Å²) in [6, 6.07) is 20.3. The fourth-order valence-corrected chi connectivity index (χ4v) is 5.79. The number of carbonyl (C=O) groups is 2. The van der Waals surface area contributed by atoms with Crippen molar-refractivity contribution in [1.29, 1.82) is 0 Å². The van der Waals surface area contributed by atoms with Crippen molar-refractivity contribution in [2.75, 3.05) is 19.0 Å². The van der Waals surface area contributed by atoms with E-state index in [2.05, 4.69) is 41.4 Å². The number of esters is 1. The second-order valence-electron chi connectivity index (χ2n) is 8.71. The number of ether oxygens (including phenoxy) is 1. The number of hydrogen-bond donors (Lipinski definition) is 1. The molecule has 0 saturated heterocycles. The molecule has 2 aromatic carbocycles. The van der Waals surface area contributed by atoms with Gasteiger partial charge in [0.2, 0.25) is 5.91 Å². The van der Waals surface area contributed by atoms with Crippen LogP contribution in [0.1, 0.15) is 45.3 Å². The smallest absolute Gasteiger partial charge is 0.341 e. The molecular weight excluding hydrogens is 432 g/mol. The van der Waals surface area contributed by atoms with E-state index in [4.69, 9.17) is 4.74 Å². The Kier molecular flexibility index (Phi) is 7.57. The Bertz CT molecular complexity index is 1050. The number of carbonyl (C=O) groups excluding carboxylic acids is 2. The number of benzene rings is 2. The van der Waals surface area contributed by atoms with Crippen LogP contribution in [-0.4, -0.2) is 30.4 Å². The van der Waals surface area contributed by atoms with Gasteiger partial charge < -0.3 is 10.1 Å². The lowest BCUT2D eigenvalue weighted by molar-refractivity contribution is -0.117. The van der Waals surface area contributed by atoms with E-state index in [1.54, 1.807) is 0 Å². The summed E-state index contributed by atoms with van der Waals surface area (Å²) in [4.78, 5) is 29.0. The van der Waals surface area contributed by atoms with Gasteiger partial charge in [0, 0.05) is 18.0 Å². The van der Waals surface area contributed by atoms with Gasteiger partial charge in [0.05, 0.1) is 19.2 Å². The lowest BCUT2D eigenvalue weighted by atomic mass is 9.88. The normalized spacial score (nSPS) is 15.2. The van der Waals surface area contributed by atoms with Gasteiger partial charge >= 0.3 is 5.97 Å². The fourth-order valence-electron chi connectivity index (χ4n) is 4.38. The molecule has 0 spiro atoms. The van der Waals surface area contributed by atoms with Gasteiger partial charge in [-0.25, -0.2) is 4.79 Å². The zero-order chi connectivity index (χ0) is 23.2. The number of hydrogen-bond acceptors (Lipinski definition) is 5. The standard InChI is InChI=1S/C27H30N2O3S/c1-19-13-14-22-23(15-19)33-26(25(22)27(31)32-2)28-24(30)18-29(16-20-9-5-3-6-10-20)17-21-11-7-4-8-12-21/h3-12,19H,13-18H2,1-2H3,(H,28,30). The van der Waals surface area contributed by atoms with E-state index in [1.165, 1.54) is 23.3 Å². The molecule has 3 aromatic rings. The molecule has 0 saturated carbocycles. The summed E-state index contributed by atoms with van der Waals surface area (Å²) in [7, 11) is 1.39. The first-order valence-electron chi connectivity index (χ1n) is 11.4. The van der Waals surface area contributed by atoms with Crippen LogP contribution < -0.4 is 5.32 Å². The van der Waals surface area contributed by atoms with Crippen molar-refractivity contribution < 1.29 is 14.3 Å². The largest absolute Gasteiger partial charge is 0.465 e. The zero-order valence-electron chi connectivity index (χ0n) is 19.2. The molecule has 1 aliphatic carbocycles. The molecule has 4 rings (SSSR count). The molecule has 5 nitrogen and oxygen atoms in total. The van der Waals surface area contributed by atoms with Gasteiger partial charge in [0.25, 0.3) is 0 Å². The molecule has 1 atom stereocenters. The van der Waals surface area contributed by atoms with Crippen LogP contribution in [-0.2, 0) is 35.5 Å². The third kappa shape index (κ3) is 5.89. The highest BCUT2D eigenvalue weighted by molar-refractivity contribution is 7.17. The number of amides is 1. The summed E-state index contributed by atoms with van der Waals surface area (Å²) in [5.74, 6) is 0.0823. The first kappa shape index (κ1) is 23.2. The molecule has 1 heterocycles. The van der Waals surface area contributed by atoms with Crippen LogP contribution in [0.15, 0.2) is 60.7 Å². The summed E-state index contributed by atoms with van der Waals surface area (Å²) in [6.07, 6.45) is 2.83. The fraction of sp³-hybridized carbons (Fsp3) is 0.333. The minimum atomic E-state index is -0.372. The van der Waals surface area contributed by atoms with E-state index < -0.39 is 0 Å². The summed E-state index contributed by atoms with van der Waals surface area (Å²) < 4.78 is 5.05. The average Bonchev–Trinajstić information content (AvgIpc) is 3.16. The Hall–Kier alpha value is -2.96. The maximum absolute atomic E-state index is 13.1. The van der Waals surface area contributed by atoms with Crippen LogP contribution in [0.5, 0.6) is 0 Å². The van der Waals surface area contributed by atoms with Crippen LogP contribution in [0.2, 0.25) is 0 Å². The van der Waals surface area contributed by atoms with E-state index in [9.17, 15) is 9.59 Å². The monoisotopic (exact) mass is 462 g/mol. The van der Waals surface area contributed by atoms with Crippen molar-refractivity contribution in [2.45, 2.75) is 39.3 Å². The van der Waals surface area contributed by atoms with Gasteiger partial charge in [-0.2, -0.15) is 0 Å². The summed E-state index contributed by atoms with van der Waals surface area (Å²) >= 11 is 1.52. The molecule has 1 amide bonds. The molecule has 0 radical (unpaired) electrons. The van der Waals surface area contributed by atoms with Gasteiger partial charge in [-0.3, -0.25) is 9.69 Å². The first-order valence-corrected chi connectivity index (χ1v) is 12.2. The Morgan fingerprint density at radius 2 is 1.64 bits per heavy atom. The molecule has 0 bridgehead atoms. The van der Waals surface area contributed by atoms with Crippen molar-refractivity contribution in [3.63, 3.8) is 0 Å². The number of thiophene rings is 1. The molecule has 1 N–H and O–H groups in total. The van der Waals surface area contributed by atoms with E-state index in [0.29, 0.717) is 29.6 Å². The predicted molar refractivity (Wildman–Crippen MR) is 132 cm³/mol. The number of nitrogens with zero attached hydrogens (tertiary/aromatic N) is 1. The summed E-state index contributed by atoms with van der Waals surface area (Å²) in [5.41, 5.74) is 3.88. The van der Waals surface area contributed by atoms with E-state index in [1.807, 2.05) is 36.4 Å². The number of fused-ring (bicyclic) bond motifs is 1. The number of anilines is 1. The van der Waals surface area contributed by atoms with E-state index >= 15 is 0 Å². The van der Waals surface area contributed by atoms with Crippen LogP contribution in [0.3, 0.4) is 0 Å². The van der Waals surface area contributed by atoms with Crippen molar-refractivity contribution in [3.8, 4) is 0 Å². The maximum Gasteiger partial charge on any atom is 0.341 e. The van der Waals surface area contributed by atoms with Crippen LogP contribution >= 0.6 is 11.3 Å². The first-order chi connectivity index (χ1) is 16.0. The molecule has 1 aliphatic rings. The quantitative estimate of drug-likeness (QED) is 0.462. The molecule has 0 fully saturated rings. The lowest BCUT2D eigenvalue weighted by Crippen LogP contribution is -2.32. The molecule has 0 aliphatic heterocycles. The maximum atomic E-state index is 13.1. The summed E-state index contributed by atoms with van der Waals surface area (Å²) in [5, 5.41) is 3.65. The highest BCUT2D eigenvalue weighted by atomic mass is 32.1. The van der Waals surface area contributed by atoms with Crippen molar-refractivity contribution in [1.82, 2.24) is 4.90 Å². The minimum absolute atomic E-state index is 0.126. The molecule has 1 unspecified atom stereocenters. The highest BCUT2D eigenvalue weighted by Crippen LogP contribution is 2.40. The Labute approximate surface area is 199 Å². The highest BCUT2D eigenvalue weighted by Gasteiger charge is 2.29. The van der Waals surface area contributed by atoms with Gasteiger partial charge in [0.1, 0.15) is 5.00 Å². The van der Waals surface area contributed by atoms with Crippen LogP contribution in [0.4, 0.5) is 5.00 Å². The van der Waals surface area contributed by atoms with Crippen molar-refractivity contribution >= 4 is 28.2 Å². The van der Waals surface area contributed by atoms with Crippen LogP contribution in [0.25, 0.3) is 0 Å². The number of nitrogens with one attached hydrogen (secondary N) is 1. The van der Waals surface area contributed by atoms with Gasteiger partial charge in [-0.1, -0.05) is 67.6 Å². The van der Waals surface area contributed by atoms with Gasteiger partial charge in [-0.05, 0) is 41.9 Å². The number of methoxy groups -OCH3 is 1. The van der Waals surface area contributed by atoms with Crippen molar-refractivity contribution in [2.24, 2.45) is 5.92 Å². The topological polar surface area (TPSA) is 58.6 Å². The Morgan fingerprint density at radius 3 is 2.21 bits per heavy atom. The number of rotatable bonds is 8.